The molecule has 0 aliphatic carbocycles. The number of aromatic nitrogens is 2. The molecule has 1 aromatic carbocycles. The van der Waals surface area contributed by atoms with Crippen molar-refractivity contribution in [2.75, 3.05) is 7.11 Å². The molecule has 16 heavy (non-hydrogen) atoms. The number of nitrogens with zero attached hydrogens (tertiary/aromatic N) is 2. The van der Waals surface area contributed by atoms with E-state index in [4.69, 9.17) is 15.0 Å². The lowest BCUT2D eigenvalue weighted by molar-refractivity contribution is 0.362. The first-order valence-corrected chi connectivity index (χ1v) is 4.94. The van der Waals surface area contributed by atoms with Crippen LogP contribution in [0.2, 0.25) is 0 Å². The number of methoxy groups -OCH3 is 1. The number of nitrogens with two attached hydrogens (primary N) is 1. The summed E-state index contributed by atoms with van der Waals surface area (Å²) in [5, 5.41) is 3.86. The molecule has 0 fully saturated rings. The number of rotatable bonds is 3. The second-order valence-corrected chi connectivity index (χ2v) is 3.47. The van der Waals surface area contributed by atoms with Crippen LogP contribution in [0.3, 0.4) is 0 Å². The molecule has 0 aliphatic rings. The average Bonchev–Trinajstić information content (AvgIpc) is 2.78. The van der Waals surface area contributed by atoms with Gasteiger partial charge in [-0.1, -0.05) is 5.16 Å². The fourth-order valence-electron chi connectivity index (χ4n) is 1.28. The van der Waals surface area contributed by atoms with Gasteiger partial charge < -0.3 is 15.0 Å². The highest BCUT2D eigenvalue weighted by molar-refractivity contribution is 5.55. The highest BCUT2D eigenvalue weighted by atomic mass is 16.5. The Bertz CT molecular complexity index is 462. The van der Waals surface area contributed by atoms with Crippen LogP contribution < -0.4 is 10.5 Å². The van der Waals surface area contributed by atoms with Crippen molar-refractivity contribution in [3.05, 3.63) is 30.2 Å². The van der Waals surface area contributed by atoms with E-state index < -0.39 is 0 Å². The average molecular weight is 219 g/mol. The van der Waals surface area contributed by atoms with Gasteiger partial charge in [-0.05, 0) is 31.2 Å². The van der Waals surface area contributed by atoms with Crippen LogP contribution in [0.15, 0.2) is 28.8 Å². The normalized spacial score (nSPS) is 12.4. The molecule has 0 unspecified atom stereocenters. The first-order valence-electron chi connectivity index (χ1n) is 4.94. The van der Waals surface area contributed by atoms with E-state index in [-0.39, 0.29) is 6.04 Å². The molecule has 2 N–H and O–H groups in total. The molecule has 0 saturated heterocycles. The summed E-state index contributed by atoms with van der Waals surface area (Å²) >= 11 is 0. The highest BCUT2D eigenvalue weighted by Crippen LogP contribution is 2.20. The summed E-state index contributed by atoms with van der Waals surface area (Å²) in [5.41, 5.74) is 6.51. The van der Waals surface area contributed by atoms with Crippen LogP contribution in [0.25, 0.3) is 11.4 Å². The molecule has 5 heteroatoms. The molecule has 84 valence electrons. The molecule has 2 rings (SSSR count). The van der Waals surface area contributed by atoms with Crippen LogP contribution in [0, 0.1) is 0 Å². The smallest absolute Gasteiger partial charge is 0.243 e. The number of ether oxygens (including phenoxy) is 1. The lowest BCUT2D eigenvalue weighted by Crippen LogP contribution is -2.04. The quantitative estimate of drug-likeness (QED) is 0.851. The van der Waals surface area contributed by atoms with Gasteiger partial charge in [0.1, 0.15) is 5.75 Å². The standard InChI is InChI=1S/C11H13N3O2/c1-7(12)11-13-10(14-16-11)8-3-5-9(15-2)6-4-8/h3-7H,12H2,1-2H3/t7-/m0/s1. The zero-order valence-electron chi connectivity index (χ0n) is 9.18. The summed E-state index contributed by atoms with van der Waals surface area (Å²) in [6, 6.07) is 7.18. The molecule has 1 heterocycles. The molecule has 1 aromatic heterocycles. The second kappa shape index (κ2) is 4.32. The third-order valence-corrected chi connectivity index (χ3v) is 2.18. The van der Waals surface area contributed by atoms with E-state index in [0.29, 0.717) is 11.7 Å². The first kappa shape index (κ1) is 10.6. The number of benzene rings is 1. The molecule has 0 aliphatic heterocycles. The van der Waals surface area contributed by atoms with Crippen molar-refractivity contribution in [3.63, 3.8) is 0 Å². The molecule has 5 nitrogen and oxygen atoms in total. The summed E-state index contributed by atoms with van der Waals surface area (Å²) in [7, 11) is 1.62. The third kappa shape index (κ3) is 2.04. The minimum atomic E-state index is -0.250. The van der Waals surface area contributed by atoms with Gasteiger partial charge in [-0.15, -0.1) is 0 Å². The maximum atomic E-state index is 5.63. The molecule has 0 radical (unpaired) electrons. The van der Waals surface area contributed by atoms with Crippen LogP contribution in [0.4, 0.5) is 0 Å². The fraction of sp³-hybridized carbons (Fsp3) is 0.273. The van der Waals surface area contributed by atoms with Crippen molar-refractivity contribution in [1.29, 1.82) is 0 Å². The maximum absolute atomic E-state index is 5.63. The second-order valence-electron chi connectivity index (χ2n) is 3.47. The Balaban J connectivity index is 2.28. The fourth-order valence-corrected chi connectivity index (χ4v) is 1.28. The van der Waals surface area contributed by atoms with Crippen molar-refractivity contribution in [2.45, 2.75) is 13.0 Å². The summed E-state index contributed by atoms with van der Waals surface area (Å²) in [6.45, 7) is 1.80. The van der Waals surface area contributed by atoms with Crippen molar-refractivity contribution < 1.29 is 9.26 Å². The summed E-state index contributed by atoms with van der Waals surface area (Å²) in [6.07, 6.45) is 0. The summed E-state index contributed by atoms with van der Waals surface area (Å²) < 4.78 is 10.1. The summed E-state index contributed by atoms with van der Waals surface area (Å²) in [4.78, 5) is 4.19. The predicted molar refractivity (Wildman–Crippen MR) is 58.9 cm³/mol. The Morgan fingerprint density at radius 3 is 2.50 bits per heavy atom. The first-order chi connectivity index (χ1) is 7.70. The maximum Gasteiger partial charge on any atom is 0.243 e. The van der Waals surface area contributed by atoms with Gasteiger partial charge in [-0.25, -0.2) is 0 Å². The van der Waals surface area contributed by atoms with E-state index >= 15 is 0 Å². The van der Waals surface area contributed by atoms with E-state index in [2.05, 4.69) is 10.1 Å². The van der Waals surface area contributed by atoms with E-state index in [0.717, 1.165) is 11.3 Å². The Morgan fingerprint density at radius 1 is 1.31 bits per heavy atom. The lowest BCUT2D eigenvalue weighted by Gasteiger charge is -1.99. The molecule has 2 aromatic rings. The minimum absolute atomic E-state index is 0.250. The van der Waals surface area contributed by atoms with Crippen LogP contribution in [-0.2, 0) is 0 Å². The highest BCUT2D eigenvalue weighted by Gasteiger charge is 2.11. The Hall–Kier alpha value is -1.88. The van der Waals surface area contributed by atoms with Crippen molar-refractivity contribution >= 4 is 0 Å². The van der Waals surface area contributed by atoms with Gasteiger partial charge in [-0.2, -0.15) is 4.98 Å². The van der Waals surface area contributed by atoms with E-state index in [1.54, 1.807) is 14.0 Å². The van der Waals surface area contributed by atoms with Crippen molar-refractivity contribution in [3.8, 4) is 17.1 Å². The minimum Gasteiger partial charge on any atom is -0.497 e. The lowest BCUT2D eigenvalue weighted by atomic mass is 10.2. The summed E-state index contributed by atoms with van der Waals surface area (Å²) in [5.74, 6) is 1.76. The molecular weight excluding hydrogens is 206 g/mol. The van der Waals surface area contributed by atoms with Gasteiger partial charge in [0.05, 0.1) is 13.2 Å². The van der Waals surface area contributed by atoms with Gasteiger partial charge in [0.25, 0.3) is 0 Å². The Labute approximate surface area is 93.2 Å². The molecule has 0 spiro atoms. The third-order valence-electron chi connectivity index (χ3n) is 2.18. The predicted octanol–water partition coefficient (Wildman–Crippen LogP) is 1.76. The van der Waals surface area contributed by atoms with Gasteiger partial charge in [0.2, 0.25) is 11.7 Å². The SMILES string of the molecule is COc1ccc(-c2noc([C@H](C)N)n2)cc1. The van der Waals surface area contributed by atoms with Gasteiger partial charge >= 0.3 is 0 Å². The molecular formula is C11H13N3O2. The molecule has 1 atom stereocenters. The zero-order chi connectivity index (χ0) is 11.5. The number of hydrogen-bond donors (Lipinski definition) is 1. The van der Waals surface area contributed by atoms with Gasteiger partial charge in [-0.3, -0.25) is 0 Å². The molecule has 0 amide bonds. The zero-order valence-corrected chi connectivity index (χ0v) is 9.18. The van der Waals surface area contributed by atoms with E-state index in [9.17, 15) is 0 Å². The van der Waals surface area contributed by atoms with Crippen LogP contribution in [0.1, 0.15) is 18.9 Å². The van der Waals surface area contributed by atoms with Crippen molar-refractivity contribution in [2.24, 2.45) is 5.73 Å². The topological polar surface area (TPSA) is 74.2 Å². The Kier molecular flexibility index (Phi) is 2.87. The molecule has 0 saturated carbocycles. The van der Waals surface area contributed by atoms with Gasteiger partial charge in [0.15, 0.2) is 0 Å². The number of hydrogen-bond acceptors (Lipinski definition) is 5. The van der Waals surface area contributed by atoms with Crippen LogP contribution >= 0.6 is 0 Å². The molecule has 0 bridgehead atoms. The van der Waals surface area contributed by atoms with Crippen LogP contribution in [-0.4, -0.2) is 17.3 Å². The van der Waals surface area contributed by atoms with E-state index in [1.807, 2.05) is 24.3 Å². The van der Waals surface area contributed by atoms with E-state index in [1.165, 1.54) is 0 Å². The van der Waals surface area contributed by atoms with Gasteiger partial charge in [0, 0.05) is 5.56 Å². The Morgan fingerprint density at radius 2 is 2.00 bits per heavy atom. The largest absolute Gasteiger partial charge is 0.497 e. The van der Waals surface area contributed by atoms with Crippen molar-refractivity contribution in [1.82, 2.24) is 10.1 Å². The monoisotopic (exact) mass is 219 g/mol. The van der Waals surface area contributed by atoms with Crippen LogP contribution in [0.5, 0.6) is 5.75 Å².